The van der Waals surface area contributed by atoms with Crippen LogP contribution >= 0.6 is 0 Å². The van der Waals surface area contributed by atoms with Crippen molar-refractivity contribution in [3.05, 3.63) is 35.9 Å². The van der Waals surface area contributed by atoms with Crippen molar-refractivity contribution in [2.45, 2.75) is 18.8 Å². The van der Waals surface area contributed by atoms with Gasteiger partial charge in [-0.1, -0.05) is 29.4 Å². The third-order valence-corrected chi connectivity index (χ3v) is 3.92. The Morgan fingerprint density at radius 1 is 1.21 bits per heavy atom. The van der Waals surface area contributed by atoms with Crippen LogP contribution in [-0.4, -0.2) is 30.2 Å². The van der Waals surface area contributed by atoms with E-state index < -0.39 is 0 Å². The number of rotatable bonds is 2. The lowest BCUT2D eigenvalue weighted by Gasteiger charge is -2.29. The molecule has 0 unspecified atom stereocenters. The van der Waals surface area contributed by atoms with Crippen LogP contribution in [0.4, 0.5) is 5.88 Å². The van der Waals surface area contributed by atoms with Gasteiger partial charge in [0.15, 0.2) is 0 Å². The first-order valence-electron chi connectivity index (χ1n) is 6.73. The summed E-state index contributed by atoms with van der Waals surface area (Å²) in [7, 11) is 2.19. The molecule has 1 fully saturated rings. The summed E-state index contributed by atoms with van der Waals surface area (Å²) < 4.78 is 4.90. The van der Waals surface area contributed by atoms with Gasteiger partial charge in [0.1, 0.15) is 5.69 Å². The molecule has 1 aliphatic heterocycles. The molecule has 2 heterocycles. The van der Waals surface area contributed by atoms with Gasteiger partial charge in [-0.3, -0.25) is 0 Å². The molecule has 1 saturated heterocycles. The Labute approximate surface area is 113 Å². The predicted octanol–water partition coefficient (Wildman–Crippen LogP) is 2.73. The van der Waals surface area contributed by atoms with Crippen molar-refractivity contribution < 1.29 is 4.52 Å². The zero-order valence-corrected chi connectivity index (χ0v) is 11.2. The van der Waals surface area contributed by atoms with Crippen molar-refractivity contribution in [2.24, 2.45) is 0 Å². The highest BCUT2D eigenvalue weighted by atomic mass is 16.5. The van der Waals surface area contributed by atoms with Crippen molar-refractivity contribution in [1.82, 2.24) is 10.1 Å². The second kappa shape index (κ2) is 5.05. The quantitative estimate of drug-likeness (QED) is 0.898. The lowest BCUT2D eigenvalue weighted by molar-refractivity contribution is 0.255. The van der Waals surface area contributed by atoms with Gasteiger partial charge in [-0.15, -0.1) is 0 Å². The molecule has 4 nitrogen and oxygen atoms in total. The van der Waals surface area contributed by atoms with E-state index in [-0.39, 0.29) is 0 Å². The van der Waals surface area contributed by atoms with E-state index in [2.05, 4.69) is 41.4 Å². The third kappa shape index (κ3) is 2.63. The Morgan fingerprint density at radius 3 is 2.47 bits per heavy atom. The zero-order valence-electron chi connectivity index (χ0n) is 11.2. The maximum atomic E-state index is 5.54. The number of likely N-dealkylation sites (tertiary alicyclic amines) is 1. The largest absolute Gasteiger partial charge is 0.368 e. The summed E-state index contributed by atoms with van der Waals surface area (Å²) in [5.41, 5.74) is 8.82. The lowest BCUT2D eigenvalue weighted by atomic mass is 9.89. The predicted molar refractivity (Wildman–Crippen MR) is 75.8 cm³/mol. The average molecular weight is 257 g/mol. The van der Waals surface area contributed by atoms with Gasteiger partial charge in [-0.2, -0.15) is 0 Å². The Kier molecular flexibility index (Phi) is 3.25. The number of piperidine rings is 1. The molecule has 3 rings (SSSR count). The van der Waals surface area contributed by atoms with E-state index in [9.17, 15) is 0 Å². The number of nitrogens with zero attached hydrogens (tertiary/aromatic N) is 2. The number of nitrogen functional groups attached to an aromatic ring is 1. The minimum atomic E-state index is 0.356. The molecule has 0 aliphatic carbocycles. The molecule has 0 radical (unpaired) electrons. The second-order valence-corrected chi connectivity index (χ2v) is 5.31. The van der Waals surface area contributed by atoms with Crippen LogP contribution in [0.3, 0.4) is 0 Å². The molecule has 1 aliphatic rings. The number of hydrogen-bond donors (Lipinski definition) is 1. The van der Waals surface area contributed by atoms with Crippen molar-refractivity contribution in [3.8, 4) is 11.3 Å². The molecule has 0 saturated carbocycles. The number of nitrogens with two attached hydrogens (primary N) is 1. The van der Waals surface area contributed by atoms with Gasteiger partial charge in [0.25, 0.3) is 0 Å². The third-order valence-electron chi connectivity index (χ3n) is 3.92. The molecule has 1 aromatic carbocycles. The van der Waals surface area contributed by atoms with Gasteiger partial charge in [0.05, 0.1) is 0 Å². The smallest absolute Gasteiger partial charge is 0.222 e. The normalized spacial score (nSPS) is 17.7. The van der Waals surface area contributed by atoms with E-state index in [1.165, 1.54) is 31.5 Å². The summed E-state index contributed by atoms with van der Waals surface area (Å²) in [6, 6.07) is 10.4. The molecular weight excluding hydrogens is 238 g/mol. The second-order valence-electron chi connectivity index (χ2n) is 5.31. The monoisotopic (exact) mass is 257 g/mol. The minimum Gasteiger partial charge on any atom is -0.368 e. The van der Waals surface area contributed by atoms with Crippen LogP contribution in [-0.2, 0) is 0 Å². The minimum absolute atomic E-state index is 0.356. The molecule has 1 aromatic heterocycles. The van der Waals surface area contributed by atoms with E-state index in [1.54, 1.807) is 6.07 Å². The highest BCUT2D eigenvalue weighted by Gasteiger charge is 2.18. The van der Waals surface area contributed by atoms with Gasteiger partial charge in [0, 0.05) is 11.6 Å². The van der Waals surface area contributed by atoms with Crippen molar-refractivity contribution >= 4 is 5.88 Å². The molecular formula is C15H19N3O. The highest BCUT2D eigenvalue weighted by Crippen LogP contribution is 2.29. The molecule has 2 N–H and O–H groups in total. The zero-order chi connectivity index (χ0) is 13.2. The summed E-state index contributed by atoms with van der Waals surface area (Å²) in [6.45, 7) is 2.37. The molecule has 0 spiro atoms. The number of anilines is 1. The summed E-state index contributed by atoms with van der Waals surface area (Å²) >= 11 is 0. The van der Waals surface area contributed by atoms with Crippen LogP contribution in [0.25, 0.3) is 11.3 Å². The fourth-order valence-electron chi connectivity index (χ4n) is 2.69. The summed E-state index contributed by atoms with van der Waals surface area (Å²) in [4.78, 5) is 2.39. The van der Waals surface area contributed by atoms with Gasteiger partial charge >= 0.3 is 0 Å². The van der Waals surface area contributed by atoms with Crippen molar-refractivity contribution in [1.29, 1.82) is 0 Å². The summed E-state index contributed by atoms with van der Waals surface area (Å²) in [5.74, 6) is 1.04. The molecule has 19 heavy (non-hydrogen) atoms. The Hall–Kier alpha value is -1.81. The fraction of sp³-hybridized carbons (Fsp3) is 0.400. The average Bonchev–Trinajstić information content (AvgIpc) is 2.87. The number of benzene rings is 1. The number of hydrogen-bond acceptors (Lipinski definition) is 4. The van der Waals surface area contributed by atoms with Crippen LogP contribution in [0.2, 0.25) is 0 Å². The fourth-order valence-corrected chi connectivity index (χ4v) is 2.69. The standard InChI is InChI=1S/C15H19N3O/c1-18-8-6-12(7-9-18)11-2-4-13(5-3-11)14-10-15(16)19-17-14/h2-5,10,12H,6-9,16H2,1H3. The van der Waals surface area contributed by atoms with Gasteiger partial charge in [0.2, 0.25) is 5.88 Å². The maximum absolute atomic E-state index is 5.54. The Bertz CT molecular complexity index is 539. The molecule has 0 atom stereocenters. The Morgan fingerprint density at radius 2 is 1.89 bits per heavy atom. The molecule has 2 aromatic rings. The maximum Gasteiger partial charge on any atom is 0.222 e. The number of aromatic nitrogens is 1. The van der Waals surface area contributed by atoms with Crippen molar-refractivity contribution in [3.63, 3.8) is 0 Å². The van der Waals surface area contributed by atoms with E-state index in [0.29, 0.717) is 11.8 Å². The first-order chi connectivity index (χ1) is 9.22. The topological polar surface area (TPSA) is 55.3 Å². The van der Waals surface area contributed by atoms with Crippen molar-refractivity contribution in [2.75, 3.05) is 25.9 Å². The van der Waals surface area contributed by atoms with Gasteiger partial charge in [-0.05, 0) is 44.5 Å². The van der Waals surface area contributed by atoms with Gasteiger partial charge in [-0.25, -0.2) is 0 Å². The molecule has 0 amide bonds. The first-order valence-corrected chi connectivity index (χ1v) is 6.73. The molecule has 100 valence electrons. The van der Waals surface area contributed by atoms with E-state index in [4.69, 9.17) is 10.3 Å². The first kappa shape index (κ1) is 12.2. The van der Waals surface area contributed by atoms with Crippen LogP contribution in [0.5, 0.6) is 0 Å². The van der Waals surface area contributed by atoms with Crippen LogP contribution in [0.15, 0.2) is 34.9 Å². The van der Waals surface area contributed by atoms with Crippen LogP contribution in [0, 0.1) is 0 Å². The summed E-state index contributed by atoms with van der Waals surface area (Å²) in [6.07, 6.45) is 2.49. The van der Waals surface area contributed by atoms with E-state index in [0.717, 1.165) is 11.3 Å². The molecule has 4 heteroatoms. The van der Waals surface area contributed by atoms with Crippen LogP contribution < -0.4 is 5.73 Å². The lowest BCUT2D eigenvalue weighted by Crippen LogP contribution is -2.29. The SMILES string of the molecule is CN1CCC(c2ccc(-c3cc(N)on3)cc2)CC1. The highest BCUT2D eigenvalue weighted by molar-refractivity contribution is 5.61. The molecule has 0 bridgehead atoms. The van der Waals surface area contributed by atoms with E-state index >= 15 is 0 Å². The Balaban J connectivity index is 1.75. The van der Waals surface area contributed by atoms with Gasteiger partial charge < -0.3 is 15.2 Å². The summed E-state index contributed by atoms with van der Waals surface area (Å²) in [5, 5.41) is 3.93. The van der Waals surface area contributed by atoms with Crippen LogP contribution in [0.1, 0.15) is 24.3 Å². The van der Waals surface area contributed by atoms with E-state index in [1.807, 2.05) is 0 Å².